The van der Waals surface area contributed by atoms with Gasteiger partial charge in [-0.25, -0.2) is 4.39 Å². The van der Waals surface area contributed by atoms with Crippen molar-refractivity contribution in [2.24, 2.45) is 0 Å². The first kappa shape index (κ1) is 13.6. The molecule has 0 saturated heterocycles. The number of hydrogen-bond donors (Lipinski definition) is 1. The lowest BCUT2D eigenvalue weighted by Gasteiger charge is -2.07. The summed E-state index contributed by atoms with van der Waals surface area (Å²) in [6, 6.07) is 11.9. The molecule has 4 heteroatoms. The Morgan fingerprint density at radius 2 is 1.89 bits per heavy atom. The van der Waals surface area contributed by atoms with Gasteiger partial charge in [-0.15, -0.1) is 0 Å². The highest BCUT2D eigenvalue weighted by Gasteiger charge is 2.12. The van der Waals surface area contributed by atoms with Crippen molar-refractivity contribution in [1.82, 2.24) is 5.32 Å². The van der Waals surface area contributed by atoms with E-state index >= 15 is 0 Å². The summed E-state index contributed by atoms with van der Waals surface area (Å²) in [4.78, 5) is 11.9. The molecule has 0 aliphatic carbocycles. The normalized spacial score (nSPS) is 10.3. The molecule has 0 atom stereocenters. The van der Waals surface area contributed by atoms with Gasteiger partial charge in [0.15, 0.2) is 0 Å². The Bertz CT molecular complexity index is 596. The molecular weight excluding hydrogens is 265 g/mol. The van der Waals surface area contributed by atoms with Crippen LogP contribution in [-0.4, -0.2) is 5.91 Å². The lowest BCUT2D eigenvalue weighted by atomic mass is 10.1. The minimum atomic E-state index is -0.476. The van der Waals surface area contributed by atoms with Crippen LogP contribution in [0.15, 0.2) is 42.5 Å². The van der Waals surface area contributed by atoms with E-state index in [-0.39, 0.29) is 5.56 Å². The zero-order valence-electron chi connectivity index (χ0n) is 10.4. The van der Waals surface area contributed by atoms with Gasteiger partial charge in [0, 0.05) is 11.6 Å². The van der Waals surface area contributed by atoms with Crippen molar-refractivity contribution in [3.8, 4) is 0 Å². The summed E-state index contributed by atoms with van der Waals surface area (Å²) in [7, 11) is 0. The summed E-state index contributed by atoms with van der Waals surface area (Å²) >= 11 is 5.77. The van der Waals surface area contributed by atoms with E-state index in [1.54, 1.807) is 31.2 Å². The molecule has 0 saturated carbocycles. The van der Waals surface area contributed by atoms with Crippen molar-refractivity contribution in [2.45, 2.75) is 13.5 Å². The number of rotatable bonds is 3. The van der Waals surface area contributed by atoms with Crippen LogP contribution in [0.5, 0.6) is 0 Å². The Kier molecular flexibility index (Phi) is 4.17. The smallest absolute Gasteiger partial charge is 0.254 e. The summed E-state index contributed by atoms with van der Waals surface area (Å²) in [6.45, 7) is 1.97. The molecule has 0 aliphatic rings. The fourth-order valence-electron chi connectivity index (χ4n) is 1.70. The van der Waals surface area contributed by atoms with Crippen molar-refractivity contribution in [3.63, 3.8) is 0 Å². The molecule has 1 amide bonds. The second-order valence-corrected chi connectivity index (χ2v) is 4.68. The molecule has 98 valence electrons. The lowest BCUT2D eigenvalue weighted by Crippen LogP contribution is -2.24. The summed E-state index contributed by atoms with van der Waals surface area (Å²) in [5, 5.41) is 3.32. The van der Waals surface area contributed by atoms with Crippen LogP contribution in [-0.2, 0) is 6.54 Å². The van der Waals surface area contributed by atoms with Crippen LogP contribution in [0.3, 0.4) is 0 Å². The zero-order valence-corrected chi connectivity index (χ0v) is 11.2. The van der Waals surface area contributed by atoms with Gasteiger partial charge in [-0.2, -0.15) is 0 Å². The van der Waals surface area contributed by atoms with Crippen LogP contribution in [0.2, 0.25) is 5.02 Å². The number of halogens is 2. The summed E-state index contributed by atoms with van der Waals surface area (Å²) < 4.78 is 13.8. The average molecular weight is 278 g/mol. The first-order valence-electron chi connectivity index (χ1n) is 5.85. The molecule has 2 nitrogen and oxygen atoms in total. The fourth-order valence-corrected chi connectivity index (χ4v) is 1.83. The van der Waals surface area contributed by atoms with Crippen molar-refractivity contribution in [2.75, 3.05) is 0 Å². The molecule has 0 radical (unpaired) electrons. The highest BCUT2D eigenvalue weighted by Crippen LogP contribution is 2.12. The Morgan fingerprint density at radius 3 is 2.58 bits per heavy atom. The van der Waals surface area contributed by atoms with Gasteiger partial charge in [0.25, 0.3) is 5.91 Å². The first-order valence-corrected chi connectivity index (χ1v) is 6.23. The molecule has 0 spiro atoms. The number of hydrogen-bond acceptors (Lipinski definition) is 1. The molecule has 0 heterocycles. The van der Waals surface area contributed by atoms with E-state index in [1.807, 2.05) is 12.1 Å². The first-order chi connectivity index (χ1) is 9.08. The minimum Gasteiger partial charge on any atom is -0.348 e. The fraction of sp³-hybridized carbons (Fsp3) is 0.133. The van der Waals surface area contributed by atoms with Crippen LogP contribution in [0.1, 0.15) is 21.5 Å². The van der Waals surface area contributed by atoms with E-state index in [4.69, 9.17) is 11.6 Å². The van der Waals surface area contributed by atoms with Gasteiger partial charge in [0.1, 0.15) is 5.82 Å². The number of carbonyl (C=O) groups excluding carboxylic acids is 1. The summed E-state index contributed by atoms with van der Waals surface area (Å²) in [5.41, 5.74) is 1.43. The number of amides is 1. The third-order valence-electron chi connectivity index (χ3n) is 2.80. The van der Waals surface area contributed by atoms with Crippen molar-refractivity contribution in [3.05, 3.63) is 70.0 Å². The minimum absolute atomic E-state index is 0.0639. The van der Waals surface area contributed by atoms with E-state index in [9.17, 15) is 9.18 Å². The largest absolute Gasteiger partial charge is 0.348 e. The van der Waals surface area contributed by atoms with Crippen LogP contribution < -0.4 is 5.32 Å². The van der Waals surface area contributed by atoms with Gasteiger partial charge in [-0.05, 0) is 36.2 Å². The molecule has 2 aromatic carbocycles. The highest BCUT2D eigenvalue weighted by atomic mass is 35.5. The second kappa shape index (κ2) is 5.85. The Balaban J connectivity index is 2.05. The van der Waals surface area contributed by atoms with Crippen LogP contribution in [0, 0.1) is 12.7 Å². The monoisotopic (exact) mass is 277 g/mol. The Morgan fingerprint density at radius 1 is 1.21 bits per heavy atom. The molecule has 2 aromatic rings. The number of nitrogens with one attached hydrogen (secondary N) is 1. The standard InChI is InChI=1S/C15H13ClFNO/c1-10-3-2-4-13(14(10)17)15(19)18-9-11-5-7-12(16)8-6-11/h2-8H,9H2,1H3,(H,18,19). The van der Waals surface area contributed by atoms with Gasteiger partial charge >= 0.3 is 0 Å². The van der Waals surface area contributed by atoms with Crippen LogP contribution in [0.25, 0.3) is 0 Å². The molecule has 0 aromatic heterocycles. The number of carbonyl (C=O) groups is 1. The van der Waals surface area contributed by atoms with Gasteiger partial charge < -0.3 is 5.32 Å². The molecule has 1 N–H and O–H groups in total. The second-order valence-electron chi connectivity index (χ2n) is 4.25. The number of aryl methyl sites for hydroxylation is 1. The quantitative estimate of drug-likeness (QED) is 0.910. The average Bonchev–Trinajstić information content (AvgIpc) is 2.41. The van der Waals surface area contributed by atoms with Gasteiger partial charge in [-0.3, -0.25) is 4.79 Å². The highest BCUT2D eigenvalue weighted by molar-refractivity contribution is 6.30. The van der Waals surface area contributed by atoms with Crippen LogP contribution >= 0.6 is 11.6 Å². The predicted octanol–water partition coefficient (Wildman–Crippen LogP) is 3.72. The predicted molar refractivity (Wildman–Crippen MR) is 73.8 cm³/mol. The molecule has 0 aliphatic heterocycles. The summed E-state index contributed by atoms with van der Waals surface area (Å²) in [6.07, 6.45) is 0. The molecule has 0 unspecified atom stereocenters. The topological polar surface area (TPSA) is 29.1 Å². The molecule has 19 heavy (non-hydrogen) atoms. The third kappa shape index (κ3) is 3.32. The molecule has 2 rings (SSSR count). The van der Waals surface area contributed by atoms with Crippen molar-refractivity contribution < 1.29 is 9.18 Å². The maximum absolute atomic E-state index is 13.8. The van der Waals surface area contributed by atoms with E-state index in [0.29, 0.717) is 17.1 Å². The van der Waals surface area contributed by atoms with Gasteiger partial charge in [0.2, 0.25) is 0 Å². The molecular formula is C15H13ClFNO. The zero-order chi connectivity index (χ0) is 13.8. The van der Waals surface area contributed by atoms with E-state index < -0.39 is 11.7 Å². The van der Waals surface area contributed by atoms with Crippen LogP contribution in [0.4, 0.5) is 4.39 Å². The number of benzene rings is 2. The lowest BCUT2D eigenvalue weighted by molar-refractivity contribution is 0.0946. The van der Waals surface area contributed by atoms with E-state index in [1.165, 1.54) is 6.07 Å². The van der Waals surface area contributed by atoms with Crippen molar-refractivity contribution in [1.29, 1.82) is 0 Å². The maximum Gasteiger partial charge on any atom is 0.254 e. The SMILES string of the molecule is Cc1cccc(C(=O)NCc2ccc(Cl)cc2)c1F. The third-order valence-corrected chi connectivity index (χ3v) is 3.05. The van der Waals surface area contributed by atoms with E-state index in [2.05, 4.69) is 5.32 Å². The molecule has 0 fully saturated rings. The maximum atomic E-state index is 13.8. The van der Waals surface area contributed by atoms with Gasteiger partial charge in [0.05, 0.1) is 5.56 Å². The Labute approximate surface area is 116 Å². The molecule has 0 bridgehead atoms. The Hall–Kier alpha value is -1.87. The van der Waals surface area contributed by atoms with Crippen molar-refractivity contribution >= 4 is 17.5 Å². The summed E-state index contributed by atoms with van der Waals surface area (Å²) in [5.74, 6) is -0.896. The van der Waals surface area contributed by atoms with Gasteiger partial charge in [-0.1, -0.05) is 35.9 Å². The van der Waals surface area contributed by atoms with E-state index in [0.717, 1.165) is 5.56 Å².